The Morgan fingerprint density at radius 1 is 0.277 bits per heavy atom. The van der Waals surface area contributed by atoms with E-state index in [0.717, 1.165) is 105 Å². The molecule has 18 aromatic rings. The van der Waals surface area contributed by atoms with Gasteiger partial charge in [-0.1, -0.05) is 265 Å². The summed E-state index contributed by atoms with van der Waals surface area (Å²) in [4.78, 5) is 27.8. The zero-order chi connectivity index (χ0) is 80.9. The number of anilines is 6. The van der Waals surface area contributed by atoms with Crippen LogP contribution >= 0.6 is 0 Å². The highest BCUT2D eigenvalue weighted by molar-refractivity contribution is 6.12. The predicted molar refractivity (Wildman–Crippen MR) is 499 cm³/mol. The lowest BCUT2D eigenvalue weighted by molar-refractivity contribution is 0.111. The fourth-order valence-corrected chi connectivity index (χ4v) is 18.2. The van der Waals surface area contributed by atoms with E-state index < -0.39 is 0 Å². The minimum atomic E-state index is -0.271. The molecule has 0 radical (unpaired) electrons. The molecule has 3 heterocycles. The second kappa shape index (κ2) is 31.3. The standard InChI is InChI=1S/C55H42N2.C53H38N2O2.C4H8O/c1-5-37-16-24-45(25-17-37)57-53-15-11-10-14-49(53)50-35-42(23-33-54(50)57)41-21-28-44(29-22-41)56(43-26-19-40(20-27-43)39-12-8-7-9-13-39)46-30-32-48-47-31-18-38(6-2)34-51(47)55(3,4)52(48)36-46;1-53(2)49-30-36(34-57)14-27-45(49)46-28-26-44(32-50(46)53)54(41-22-15-38(16-23-41)37-8-4-3-5-9-37)42-24-17-39(18-25-42)40-19-29-52-48(31-40)47-10-6-7-11-51(47)55(52)43-20-12-35(33-56)13-21-43;1-2-4-5-3-1/h5-36H,1-2H2,3-4H3;3-34H,1-2H3;1-4H2. The molecule has 2 aliphatic carbocycles. The Labute approximate surface area is 695 Å². The first-order valence-corrected chi connectivity index (χ1v) is 41.0. The Hall–Kier alpha value is -14.5. The molecule has 1 saturated heterocycles. The first-order chi connectivity index (χ1) is 58.3. The van der Waals surface area contributed by atoms with E-state index in [4.69, 9.17) is 4.74 Å². The number of para-hydroxylation sites is 2. The Bertz CT molecular complexity index is 6490. The normalized spacial score (nSPS) is 13.1. The Morgan fingerprint density at radius 3 is 0.958 bits per heavy atom. The van der Waals surface area contributed by atoms with Crippen LogP contribution in [0.2, 0.25) is 0 Å². The van der Waals surface area contributed by atoms with Gasteiger partial charge >= 0.3 is 0 Å². The summed E-state index contributed by atoms with van der Waals surface area (Å²) in [6.07, 6.45) is 8.20. The molecule has 7 nitrogen and oxygen atoms in total. The monoisotopic (exact) mass is 1540 g/mol. The number of carbonyl (C=O) groups is 2. The molecule has 3 aliphatic rings. The van der Waals surface area contributed by atoms with Gasteiger partial charge in [-0.15, -0.1) is 0 Å². The van der Waals surface area contributed by atoms with Gasteiger partial charge in [-0.2, -0.15) is 0 Å². The maximum Gasteiger partial charge on any atom is 0.150 e. The lowest BCUT2D eigenvalue weighted by Gasteiger charge is -2.28. The lowest BCUT2D eigenvalue weighted by atomic mass is 9.81. The number of aldehydes is 2. The van der Waals surface area contributed by atoms with Crippen molar-refractivity contribution in [2.24, 2.45) is 0 Å². The Morgan fingerprint density at radius 2 is 0.580 bits per heavy atom. The van der Waals surface area contributed by atoms with Gasteiger partial charge in [0.05, 0.1) is 22.1 Å². The van der Waals surface area contributed by atoms with Crippen molar-refractivity contribution in [2.45, 2.75) is 51.4 Å². The molecule has 574 valence electrons. The van der Waals surface area contributed by atoms with Gasteiger partial charge in [0.2, 0.25) is 0 Å². The van der Waals surface area contributed by atoms with Crippen LogP contribution < -0.4 is 9.80 Å². The molecule has 1 aliphatic heterocycles. The van der Waals surface area contributed by atoms with Crippen molar-refractivity contribution in [3.63, 3.8) is 0 Å². The van der Waals surface area contributed by atoms with Crippen molar-refractivity contribution >= 4 is 102 Å². The number of hydrogen-bond acceptors (Lipinski definition) is 5. The van der Waals surface area contributed by atoms with E-state index in [-0.39, 0.29) is 10.8 Å². The molecule has 21 rings (SSSR count). The van der Waals surface area contributed by atoms with E-state index in [1.165, 1.54) is 123 Å². The van der Waals surface area contributed by atoms with Crippen LogP contribution in [0.4, 0.5) is 34.1 Å². The topological polar surface area (TPSA) is 59.7 Å². The third-order valence-corrected chi connectivity index (χ3v) is 24.5. The van der Waals surface area contributed by atoms with Crippen LogP contribution in [-0.2, 0) is 15.6 Å². The zero-order valence-corrected chi connectivity index (χ0v) is 67.2. The Balaban J connectivity index is 0.000000149. The van der Waals surface area contributed by atoms with Crippen LogP contribution in [0.1, 0.15) is 94.6 Å². The fourth-order valence-electron chi connectivity index (χ4n) is 18.2. The molecule has 0 unspecified atom stereocenters. The van der Waals surface area contributed by atoms with E-state index in [9.17, 15) is 9.59 Å². The maximum atomic E-state index is 11.7. The Kier molecular flexibility index (Phi) is 19.6. The first-order valence-electron chi connectivity index (χ1n) is 41.0. The lowest BCUT2D eigenvalue weighted by Crippen LogP contribution is -2.17. The van der Waals surface area contributed by atoms with E-state index >= 15 is 0 Å². The van der Waals surface area contributed by atoms with Gasteiger partial charge in [-0.3, -0.25) is 9.59 Å². The second-order valence-corrected chi connectivity index (χ2v) is 32.2. The van der Waals surface area contributed by atoms with Gasteiger partial charge < -0.3 is 23.7 Å². The van der Waals surface area contributed by atoms with Crippen molar-refractivity contribution in [3.05, 3.63) is 422 Å². The molecular formula is C112H88N4O3. The van der Waals surface area contributed by atoms with Gasteiger partial charge in [0.25, 0.3) is 0 Å². The molecule has 1 fully saturated rings. The van der Waals surface area contributed by atoms with Crippen LogP contribution in [-0.4, -0.2) is 34.9 Å². The molecule has 0 saturated carbocycles. The second-order valence-electron chi connectivity index (χ2n) is 32.2. The number of nitrogens with zero attached hydrogens (tertiary/aromatic N) is 4. The molecule has 16 aromatic carbocycles. The average Bonchev–Trinajstić information content (AvgIpc) is 1.60. The van der Waals surface area contributed by atoms with Crippen molar-refractivity contribution in [1.29, 1.82) is 0 Å². The molecular weight excluding hydrogens is 1450 g/mol. The number of aromatic nitrogens is 2. The van der Waals surface area contributed by atoms with Gasteiger partial charge in [-0.25, -0.2) is 0 Å². The highest BCUT2D eigenvalue weighted by Crippen LogP contribution is 2.54. The highest BCUT2D eigenvalue weighted by atomic mass is 16.5. The van der Waals surface area contributed by atoms with E-state index in [0.29, 0.717) is 11.1 Å². The number of benzene rings is 16. The summed E-state index contributed by atoms with van der Waals surface area (Å²) in [5, 5.41) is 4.83. The molecule has 7 heteroatoms. The molecule has 0 N–H and O–H groups in total. The summed E-state index contributed by atoms with van der Waals surface area (Å²) < 4.78 is 9.57. The van der Waals surface area contributed by atoms with Gasteiger partial charge in [0, 0.05) is 102 Å². The molecule has 0 spiro atoms. The molecule has 0 bridgehead atoms. The fraction of sp³-hybridized carbons (Fsp3) is 0.0893. The molecule has 0 atom stereocenters. The SMILES string of the molecule is C1CCOC1.C=Cc1ccc(-n2c3ccccc3c3cc(-c4ccc(N(c5ccc(-c6ccccc6)cc5)c5ccc6c(c5)C(C)(C)c5cc(C=C)ccc5-6)cc4)ccc32)cc1.CC1(C)c2cc(C=O)ccc2-c2ccc(N(c3ccc(-c4ccccc4)cc3)c3ccc(-c4ccc5c(c4)c4ccccc4n5-c4ccc(C=O)cc4)cc3)cc21. The molecule has 2 aromatic heterocycles. The molecule has 0 amide bonds. The number of fused-ring (bicyclic) bond motifs is 12. The average molecular weight is 1540 g/mol. The number of ether oxygens (including phenoxy) is 1. The van der Waals surface area contributed by atoms with Crippen molar-refractivity contribution < 1.29 is 14.3 Å². The van der Waals surface area contributed by atoms with Crippen LogP contribution in [0.3, 0.4) is 0 Å². The van der Waals surface area contributed by atoms with Crippen LogP contribution in [0.15, 0.2) is 377 Å². The van der Waals surface area contributed by atoms with Crippen LogP contribution in [0.25, 0.3) is 134 Å². The maximum absolute atomic E-state index is 11.7. The van der Waals surface area contributed by atoms with Crippen molar-refractivity contribution in [2.75, 3.05) is 23.0 Å². The summed E-state index contributed by atoms with van der Waals surface area (Å²) in [7, 11) is 0. The summed E-state index contributed by atoms with van der Waals surface area (Å²) in [6.45, 7) is 19.2. The number of rotatable bonds is 16. The van der Waals surface area contributed by atoms with Gasteiger partial charge in [0.15, 0.2) is 0 Å². The van der Waals surface area contributed by atoms with E-state index in [2.05, 4.69) is 381 Å². The number of hydrogen-bond donors (Lipinski definition) is 0. The summed E-state index contributed by atoms with van der Waals surface area (Å²) in [5.74, 6) is 0. The minimum absolute atomic E-state index is 0.150. The van der Waals surface area contributed by atoms with Crippen LogP contribution in [0, 0.1) is 0 Å². The van der Waals surface area contributed by atoms with Gasteiger partial charge in [0.1, 0.15) is 12.6 Å². The summed E-state index contributed by atoms with van der Waals surface area (Å²) >= 11 is 0. The number of carbonyl (C=O) groups excluding carboxylic acids is 2. The van der Waals surface area contributed by atoms with Crippen LogP contribution in [0.5, 0.6) is 0 Å². The van der Waals surface area contributed by atoms with Gasteiger partial charge in [-0.05, 0) is 265 Å². The first kappa shape index (κ1) is 74.6. The third kappa shape index (κ3) is 13.7. The summed E-state index contributed by atoms with van der Waals surface area (Å²) in [6, 6.07) is 130. The van der Waals surface area contributed by atoms with Crippen molar-refractivity contribution in [3.8, 4) is 78.1 Å². The van der Waals surface area contributed by atoms with E-state index in [1.54, 1.807) is 0 Å². The quantitative estimate of drug-likeness (QED) is 0.0902. The summed E-state index contributed by atoms with van der Waals surface area (Å²) in [5.41, 5.74) is 36.0. The smallest absolute Gasteiger partial charge is 0.150 e. The largest absolute Gasteiger partial charge is 0.381 e. The zero-order valence-electron chi connectivity index (χ0n) is 67.2. The van der Waals surface area contributed by atoms with E-state index in [1.807, 2.05) is 54.6 Å². The minimum Gasteiger partial charge on any atom is -0.381 e. The third-order valence-electron chi connectivity index (χ3n) is 24.5. The highest BCUT2D eigenvalue weighted by Gasteiger charge is 2.38. The van der Waals surface area contributed by atoms with Crippen molar-refractivity contribution in [1.82, 2.24) is 9.13 Å². The molecule has 119 heavy (non-hydrogen) atoms. The predicted octanol–water partition coefficient (Wildman–Crippen LogP) is 29.5.